The minimum absolute atomic E-state index is 0.202. The number of fused-ring (bicyclic) bond motifs is 1. The zero-order chi connectivity index (χ0) is 24.7. The van der Waals surface area contributed by atoms with Crippen molar-refractivity contribution in [2.45, 2.75) is 51.1 Å². The number of amides is 1. The van der Waals surface area contributed by atoms with Crippen molar-refractivity contribution in [1.29, 1.82) is 0 Å². The number of aromatic hydroxyl groups is 1. The largest absolute Gasteiger partial charge is 0.507 e. The Hall–Kier alpha value is -2.85. The maximum absolute atomic E-state index is 13.1. The molecule has 9 nitrogen and oxygen atoms in total. The fourth-order valence-electron chi connectivity index (χ4n) is 3.86. The van der Waals surface area contributed by atoms with Crippen LogP contribution in [0.4, 0.5) is 0 Å². The highest BCUT2D eigenvalue weighted by molar-refractivity contribution is 8.00. The normalized spacial score (nSPS) is 22.9. The fourth-order valence-corrected chi connectivity index (χ4v) is 5.27. The van der Waals surface area contributed by atoms with Crippen molar-refractivity contribution in [3.63, 3.8) is 0 Å². The van der Waals surface area contributed by atoms with Crippen molar-refractivity contribution >= 4 is 35.8 Å². The first-order valence-corrected chi connectivity index (χ1v) is 11.4. The van der Waals surface area contributed by atoms with Gasteiger partial charge in [0, 0.05) is 37.1 Å². The third kappa shape index (κ3) is 4.37. The summed E-state index contributed by atoms with van der Waals surface area (Å²) in [6, 6.07) is 3.57. The number of esters is 1. The van der Waals surface area contributed by atoms with Crippen molar-refractivity contribution in [2.75, 3.05) is 19.5 Å². The SMILES string of the molecule is CO[C@@]1(/N=C/c2cc(C)c(O)c(C(C)(C)C)c2)C(=O)N2C(C(=O)O)=C(COC(C)=O)CS[C@@H]21. The zero-order valence-corrected chi connectivity index (χ0v) is 20.3. The third-order valence-electron chi connectivity index (χ3n) is 5.59. The number of phenols is 1. The number of hydrogen-bond acceptors (Lipinski definition) is 8. The summed E-state index contributed by atoms with van der Waals surface area (Å²) in [5.41, 5.74) is 0.354. The van der Waals surface area contributed by atoms with Gasteiger partial charge in [0.25, 0.3) is 11.6 Å². The molecular formula is C23H28N2O7S. The van der Waals surface area contributed by atoms with Crippen LogP contribution in [0.25, 0.3) is 0 Å². The van der Waals surface area contributed by atoms with E-state index in [1.165, 1.54) is 32.0 Å². The highest BCUT2D eigenvalue weighted by Crippen LogP contribution is 2.48. The summed E-state index contributed by atoms with van der Waals surface area (Å²) in [6.45, 7) is 8.77. The molecule has 1 saturated heterocycles. The smallest absolute Gasteiger partial charge is 0.352 e. The molecule has 2 aliphatic rings. The van der Waals surface area contributed by atoms with E-state index in [0.29, 0.717) is 16.7 Å². The molecule has 1 amide bonds. The zero-order valence-electron chi connectivity index (χ0n) is 19.5. The molecule has 0 aliphatic carbocycles. The number of aliphatic carboxylic acids is 1. The number of aryl methyl sites for hydroxylation is 1. The van der Waals surface area contributed by atoms with Crippen molar-refractivity contribution < 1.29 is 34.1 Å². The molecule has 2 N–H and O–H groups in total. The molecule has 1 aromatic carbocycles. The number of ether oxygens (including phenoxy) is 2. The maximum atomic E-state index is 13.1. The molecule has 178 valence electrons. The van der Waals surface area contributed by atoms with E-state index in [2.05, 4.69) is 4.99 Å². The molecule has 1 fully saturated rings. The van der Waals surface area contributed by atoms with Gasteiger partial charge in [-0.2, -0.15) is 0 Å². The number of methoxy groups -OCH3 is 1. The van der Waals surface area contributed by atoms with Crippen molar-refractivity contribution in [3.05, 3.63) is 40.1 Å². The van der Waals surface area contributed by atoms with Crippen LogP contribution in [0.3, 0.4) is 0 Å². The standard InChI is InChI=1S/C23H28N2O7S/c1-12-7-14(8-16(18(12)27)22(3,4)5)9-24-23(31-6)20(30)25-17(19(28)29)15(10-32-13(2)26)11-33-21(23)25/h7-9,21,27H,10-11H2,1-6H3,(H,28,29)/b24-9+/t21-,23+/m1/s1. The number of phenolic OH excluding ortho intramolecular Hbond substituents is 1. The topological polar surface area (TPSA) is 126 Å². The molecule has 33 heavy (non-hydrogen) atoms. The van der Waals surface area contributed by atoms with Gasteiger partial charge in [-0.25, -0.2) is 9.79 Å². The lowest BCUT2D eigenvalue weighted by molar-refractivity contribution is -0.182. The highest BCUT2D eigenvalue weighted by Gasteiger charge is 2.66. The molecule has 10 heteroatoms. The van der Waals surface area contributed by atoms with Crippen LogP contribution in [-0.2, 0) is 29.3 Å². The Kier molecular flexibility index (Phi) is 6.63. The van der Waals surface area contributed by atoms with E-state index in [9.17, 15) is 24.6 Å². The molecule has 2 heterocycles. The van der Waals surface area contributed by atoms with E-state index in [4.69, 9.17) is 9.47 Å². The number of hydrogen-bond donors (Lipinski definition) is 2. The van der Waals surface area contributed by atoms with Crippen LogP contribution in [0.5, 0.6) is 5.75 Å². The summed E-state index contributed by atoms with van der Waals surface area (Å²) < 4.78 is 10.5. The molecule has 3 rings (SSSR count). The van der Waals surface area contributed by atoms with Crippen molar-refractivity contribution in [1.82, 2.24) is 4.90 Å². The number of thioether (sulfide) groups is 1. The van der Waals surface area contributed by atoms with Gasteiger partial charge in [-0.15, -0.1) is 11.8 Å². The van der Waals surface area contributed by atoms with Crippen molar-refractivity contribution in [3.8, 4) is 5.75 Å². The molecular weight excluding hydrogens is 448 g/mol. The van der Waals surface area contributed by atoms with E-state index in [1.54, 1.807) is 13.0 Å². The van der Waals surface area contributed by atoms with Crippen LogP contribution >= 0.6 is 11.8 Å². The Labute approximate surface area is 196 Å². The molecule has 0 radical (unpaired) electrons. The lowest BCUT2D eigenvalue weighted by Crippen LogP contribution is -2.73. The number of carbonyl (C=O) groups is 3. The van der Waals surface area contributed by atoms with Gasteiger partial charge >= 0.3 is 11.9 Å². The quantitative estimate of drug-likeness (QED) is 0.365. The number of nitrogens with zero attached hydrogens (tertiary/aromatic N) is 2. The average molecular weight is 477 g/mol. The number of aliphatic imine (C=N–C) groups is 1. The number of rotatable bonds is 6. The molecule has 0 spiro atoms. The Morgan fingerprint density at radius 1 is 1.36 bits per heavy atom. The molecule has 0 saturated carbocycles. The molecule has 2 aliphatic heterocycles. The number of carboxylic acid groups (broad SMARTS) is 1. The van der Waals surface area contributed by atoms with E-state index in [0.717, 1.165) is 10.5 Å². The van der Waals surface area contributed by atoms with Gasteiger partial charge in [0.2, 0.25) is 0 Å². The van der Waals surface area contributed by atoms with E-state index >= 15 is 0 Å². The number of β-lactam (4-membered cyclic amide) rings is 1. The lowest BCUT2D eigenvalue weighted by atomic mass is 9.84. The number of carbonyl (C=O) groups excluding carboxylic acids is 2. The summed E-state index contributed by atoms with van der Waals surface area (Å²) in [6.07, 6.45) is 1.51. The van der Waals surface area contributed by atoms with Crippen LogP contribution < -0.4 is 0 Å². The van der Waals surface area contributed by atoms with Gasteiger partial charge in [-0.3, -0.25) is 14.5 Å². The Bertz CT molecular complexity index is 1070. The van der Waals surface area contributed by atoms with Gasteiger partial charge in [-0.05, 0) is 35.6 Å². The van der Waals surface area contributed by atoms with E-state index in [-0.39, 0.29) is 29.2 Å². The predicted octanol–water partition coefficient (Wildman–Crippen LogP) is 2.58. The second kappa shape index (κ2) is 8.83. The van der Waals surface area contributed by atoms with Crippen LogP contribution in [0, 0.1) is 6.92 Å². The molecule has 1 aromatic rings. The van der Waals surface area contributed by atoms with E-state index < -0.39 is 28.9 Å². The Morgan fingerprint density at radius 3 is 2.58 bits per heavy atom. The second-order valence-electron chi connectivity index (χ2n) is 9.02. The summed E-state index contributed by atoms with van der Waals surface area (Å²) in [7, 11) is 1.36. The summed E-state index contributed by atoms with van der Waals surface area (Å²) >= 11 is 1.29. The first-order chi connectivity index (χ1) is 15.3. The monoisotopic (exact) mass is 476 g/mol. The van der Waals surface area contributed by atoms with Crippen LogP contribution in [0.2, 0.25) is 0 Å². The molecule has 0 unspecified atom stereocenters. The van der Waals surface area contributed by atoms with Gasteiger partial charge in [-0.1, -0.05) is 20.8 Å². The van der Waals surface area contributed by atoms with Gasteiger partial charge in [0.05, 0.1) is 0 Å². The van der Waals surface area contributed by atoms with Gasteiger partial charge < -0.3 is 19.7 Å². The number of benzene rings is 1. The van der Waals surface area contributed by atoms with Gasteiger partial charge in [0.1, 0.15) is 23.4 Å². The first-order valence-electron chi connectivity index (χ1n) is 10.3. The molecule has 2 atom stereocenters. The second-order valence-corrected chi connectivity index (χ2v) is 10.1. The summed E-state index contributed by atoms with van der Waals surface area (Å²) in [5, 5.41) is 19.5. The predicted molar refractivity (Wildman–Crippen MR) is 123 cm³/mol. The lowest BCUT2D eigenvalue weighted by Gasteiger charge is -2.53. The van der Waals surface area contributed by atoms with Crippen molar-refractivity contribution in [2.24, 2.45) is 4.99 Å². The Balaban J connectivity index is 1.95. The molecule has 0 bridgehead atoms. The van der Waals surface area contributed by atoms with Crippen LogP contribution in [0.1, 0.15) is 44.4 Å². The average Bonchev–Trinajstić information content (AvgIpc) is 2.73. The van der Waals surface area contributed by atoms with Crippen LogP contribution in [-0.4, -0.2) is 69.7 Å². The minimum Gasteiger partial charge on any atom is -0.507 e. The van der Waals surface area contributed by atoms with Crippen LogP contribution in [0.15, 0.2) is 28.4 Å². The summed E-state index contributed by atoms with van der Waals surface area (Å²) in [5.74, 6) is -1.97. The highest BCUT2D eigenvalue weighted by atomic mass is 32.2. The first kappa shape index (κ1) is 24.8. The van der Waals surface area contributed by atoms with E-state index in [1.807, 2.05) is 26.8 Å². The minimum atomic E-state index is -1.58. The molecule has 0 aromatic heterocycles. The summed E-state index contributed by atoms with van der Waals surface area (Å²) in [4.78, 5) is 41.8. The maximum Gasteiger partial charge on any atom is 0.352 e. The fraction of sp³-hybridized carbons (Fsp3) is 0.478. The van der Waals surface area contributed by atoms with Gasteiger partial charge in [0.15, 0.2) is 0 Å². The number of carboxylic acids is 1. The Morgan fingerprint density at radius 2 is 2.03 bits per heavy atom. The third-order valence-corrected chi connectivity index (χ3v) is 6.95.